The van der Waals surface area contributed by atoms with E-state index < -0.39 is 0 Å². The van der Waals surface area contributed by atoms with Gasteiger partial charge in [-0.2, -0.15) is 5.10 Å². The standard InChI is InChI=1S/C17H20N4/c1-5-9-21-17-14(7-6-8-18-17)16(20-21)15-12(3)10-11(2)13(4)19-15/h6-8,10H,5,9H2,1-4H3. The van der Waals surface area contributed by atoms with E-state index in [0.717, 1.165) is 46.6 Å². The zero-order chi connectivity index (χ0) is 15.0. The van der Waals surface area contributed by atoms with Crippen molar-refractivity contribution in [3.8, 4) is 11.4 Å². The maximum absolute atomic E-state index is 4.77. The summed E-state index contributed by atoms with van der Waals surface area (Å²) in [5.74, 6) is 0. The van der Waals surface area contributed by atoms with Gasteiger partial charge in [-0.3, -0.25) is 4.98 Å². The fraction of sp³-hybridized carbons (Fsp3) is 0.353. The molecular weight excluding hydrogens is 260 g/mol. The van der Waals surface area contributed by atoms with Crippen LogP contribution >= 0.6 is 0 Å². The molecule has 0 amide bonds. The highest BCUT2D eigenvalue weighted by molar-refractivity contribution is 5.90. The monoisotopic (exact) mass is 280 g/mol. The molecule has 0 aliphatic carbocycles. The molecule has 21 heavy (non-hydrogen) atoms. The van der Waals surface area contributed by atoms with Crippen molar-refractivity contribution >= 4 is 11.0 Å². The van der Waals surface area contributed by atoms with Gasteiger partial charge in [-0.1, -0.05) is 13.0 Å². The Balaban J connectivity index is 2.28. The first-order chi connectivity index (χ1) is 10.1. The minimum absolute atomic E-state index is 0.872. The molecule has 0 saturated heterocycles. The summed E-state index contributed by atoms with van der Waals surface area (Å²) in [5.41, 5.74) is 6.27. The molecule has 0 fully saturated rings. The molecule has 3 aromatic heterocycles. The van der Waals surface area contributed by atoms with E-state index in [0.29, 0.717) is 0 Å². The lowest BCUT2D eigenvalue weighted by atomic mass is 10.1. The van der Waals surface area contributed by atoms with Crippen LogP contribution in [0.1, 0.15) is 30.2 Å². The fourth-order valence-corrected chi connectivity index (χ4v) is 2.63. The van der Waals surface area contributed by atoms with Gasteiger partial charge in [0.1, 0.15) is 5.69 Å². The van der Waals surface area contributed by atoms with Gasteiger partial charge in [0, 0.05) is 23.8 Å². The summed E-state index contributed by atoms with van der Waals surface area (Å²) in [5, 5.41) is 5.85. The van der Waals surface area contributed by atoms with E-state index in [1.54, 1.807) is 0 Å². The molecular formula is C17H20N4. The first-order valence-electron chi connectivity index (χ1n) is 7.38. The molecule has 0 aromatic carbocycles. The van der Waals surface area contributed by atoms with Crippen LogP contribution in [0.4, 0.5) is 0 Å². The highest BCUT2D eigenvalue weighted by atomic mass is 15.3. The van der Waals surface area contributed by atoms with Gasteiger partial charge in [-0.15, -0.1) is 0 Å². The zero-order valence-electron chi connectivity index (χ0n) is 13.0. The highest BCUT2D eigenvalue weighted by Crippen LogP contribution is 2.28. The molecule has 4 nitrogen and oxygen atoms in total. The second-order valence-electron chi connectivity index (χ2n) is 5.50. The lowest BCUT2D eigenvalue weighted by Crippen LogP contribution is -2.00. The van der Waals surface area contributed by atoms with Gasteiger partial charge in [0.25, 0.3) is 0 Å². The molecule has 0 aliphatic rings. The van der Waals surface area contributed by atoms with Crippen LogP contribution in [-0.4, -0.2) is 19.7 Å². The number of hydrogen-bond donors (Lipinski definition) is 0. The van der Waals surface area contributed by atoms with E-state index in [4.69, 9.17) is 10.1 Å². The predicted octanol–water partition coefficient (Wildman–Crippen LogP) is 3.83. The largest absolute Gasteiger partial charge is 0.251 e. The Morgan fingerprint density at radius 1 is 1.10 bits per heavy atom. The van der Waals surface area contributed by atoms with Crippen molar-refractivity contribution < 1.29 is 0 Å². The lowest BCUT2D eigenvalue weighted by Gasteiger charge is -2.07. The van der Waals surface area contributed by atoms with E-state index >= 15 is 0 Å². The third kappa shape index (κ3) is 2.31. The number of pyridine rings is 2. The highest BCUT2D eigenvalue weighted by Gasteiger charge is 2.16. The van der Waals surface area contributed by atoms with Crippen LogP contribution in [0.5, 0.6) is 0 Å². The maximum Gasteiger partial charge on any atom is 0.158 e. The fourth-order valence-electron chi connectivity index (χ4n) is 2.63. The summed E-state index contributed by atoms with van der Waals surface area (Å²) < 4.78 is 1.99. The van der Waals surface area contributed by atoms with Crippen molar-refractivity contribution in [2.24, 2.45) is 0 Å². The molecule has 0 bridgehead atoms. The number of aromatic nitrogens is 4. The van der Waals surface area contributed by atoms with Gasteiger partial charge in [-0.05, 0) is 50.5 Å². The second kappa shape index (κ2) is 5.28. The number of fused-ring (bicyclic) bond motifs is 1. The van der Waals surface area contributed by atoms with E-state index in [9.17, 15) is 0 Å². The third-order valence-corrected chi connectivity index (χ3v) is 3.82. The molecule has 0 N–H and O–H groups in total. The van der Waals surface area contributed by atoms with Crippen molar-refractivity contribution in [2.75, 3.05) is 0 Å². The zero-order valence-corrected chi connectivity index (χ0v) is 13.0. The first-order valence-corrected chi connectivity index (χ1v) is 7.38. The van der Waals surface area contributed by atoms with Crippen molar-refractivity contribution in [1.82, 2.24) is 19.7 Å². The third-order valence-electron chi connectivity index (χ3n) is 3.82. The molecule has 4 heteroatoms. The smallest absolute Gasteiger partial charge is 0.158 e. The Morgan fingerprint density at radius 3 is 2.67 bits per heavy atom. The maximum atomic E-state index is 4.77. The summed E-state index contributed by atoms with van der Waals surface area (Å²) in [7, 11) is 0. The Labute approximate surface area is 124 Å². The quantitative estimate of drug-likeness (QED) is 0.732. The van der Waals surface area contributed by atoms with Crippen molar-refractivity contribution in [1.29, 1.82) is 0 Å². The minimum Gasteiger partial charge on any atom is -0.251 e. The van der Waals surface area contributed by atoms with E-state index in [2.05, 4.69) is 37.9 Å². The molecule has 3 rings (SSSR count). The summed E-state index contributed by atoms with van der Waals surface area (Å²) >= 11 is 0. The number of nitrogens with zero attached hydrogens (tertiary/aromatic N) is 4. The normalized spacial score (nSPS) is 11.2. The molecule has 0 saturated carbocycles. The molecule has 0 radical (unpaired) electrons. The molecule has 0 unspecified atom stereocenters. The summed E-state index contributed by atoms with van der Waals surface area (Å²) in [6.07, 6.45) is 2.85. The number of hydrogen-bond acceptors (Lipinski definition) is 3. The van der Waals surface area contributed by atoms with Gasteiger partial charge < -0.3 is 0 Å². The predicted molar refractivity (Wildman–Crippen MR) is 85.3 cm³/mol. The molecule has 3 heterocycles. The molecule has 3 aromatic rings. The van der Waals surface area contributed by atoms with Crippen molar-refractivity contribution in [3.05, 3.63) is 41.2 Å². The summed E-state index contributed by atoms with van der Waals surface area (Å²) in [6, 6.07) is 6.21. The van der Waals surface area contributed by atoms with Gasteiger partial charge in [-0.25, -0.2) is 9.67 Å². The van der Waals surface area contributed by atoms with E-state index in [1.807, 2.05) is 23.9 Å². The van der Waals surface area contributed by atoms with Gasteiger partial charge in [0.05, 0.1) is 5.69 Å². The SMILES string of the molecule is CCCn1nc(-c2nc(C)c(C)cc2C)c2cccnc21. The van der Waals surface area contributed by atoms with Crippen LogP contribution in [0.2, 0.25) is 0 Å². The van der Waals surface area contributed by atoms with Crippen LogP contribution in [-0.2, 0) is 6.54 Å². The van der Waals surface area contributed by atoms with Gasteiger partial charge >= 0.3 is 0 Å². The second-order valence-corrected chi connectivity index (χ2v) is 5.50. The van der Waals surface area contributed by atoms with Crippen molar-refractivity contribution in [2.45, 2.75) is 40.7 Å². The Bertz CT molecular complexity index is 802. The van der Waals surface area contributed by atoms with Crippen LogP contribution < -0.4 is 0 Å². The van der Waals surface area contributed by atoms with E-state index in [1.165, 1.54) is 5.56 Å². The Kier molecular flexibility index (Phi) is 3.45. The Morgan fingerprint density at radius 2 is 1.90 bits per heavy atom. The van der Waals surface area contributed by atoms with Crippen LogP contribution in [0.15, 0.2) is 24.4 Å². The molecule has 0 spiro atoms. The summed E-state index contributed by atoms with van der Waals surface area (Å²) in [6.45, 7) is 9.25. The lowest BCUT2D eigenvalue weighted by molar-refractivity contribution is 0.618. The Hall–Kier alpha value is -2.23. The molecule has 108 valence electrons. The van der Waals surface area contributed by atoms with Crippen molar-refractivity contribution in [3.63, 3.8) is 0 Å². The van der Waals surface area contributed by atoms with Crippen LogP contribution in [0.25, 0.3) is 22.4 Å². The van der Waals surface area contributed by atoms with Crippen LogP contribution in [0.3, 0.4) is 0 Å². The number of rotatable bonds is 3. The first kappa shape index (κ1) is 13.7. The number of aryl methyl sites for hydroxylation is 4. The van der Waals surface area contributed by atoms with E-state index in [-0.39, 0.29) is 0 Å². The molecule has 0 aliphatic heterocycles. The topological polar surface area (TPSA) is 43.6 Å². The average Bonchev–Trinajstić information content (AvgIpc) is 2.83. The average molecular weight is 280 g/mol. The van der Waals surface area contributed by atoms with Crippen LogP contribution in [0, 0.1) is 20.8 Å². The van der Waals surface area contributed by atoms with Gasteiger partial charge in [0.15, 0.2) is 5.65 Å². The minimum atomic E-state index is 0.872. The van der Waals surface area contributed by atoms with Gasteiger partial charge in [0.2, 0.25) is 0 Å². The molecule has 0 atom stereocenters. The summed E-state index contributed by atoms with van der Waals surface area (Å²) in [4.78, 5) is 9.25.